The van der Waals surface area contributed by atoms with Gasteiger partial charge in [0, 0.05) is 63.7 Å². The second kappa shape index (κ2) is 7.82. The number of nitrogens with zero attached hydrogens (tertiary/aromatic N) is 3. The molecule has 0 spiro atoms. The van der Waals surface area contributed by atoms with E-state index in [4.69, 9.17) is 9.47 Å². The standard InChI is InChI=1S/C21H28N4O2/c1-22-20-16(6-5-12-24-20)15-25-13-10-21(26-2)9-8-17(14-18(21)25)27-19-7-3-4-11-23-19/h3-7,11-12,17-18H,8-10,13-15H2,1-2H3,(H,22,24)/t17-,18-,21+/m0/s1. The van der Waals surface area contributed by atoms with E-state index in [2.05, 4.69) is 26.3 Å². The number of hydrogen-bond donors (Lipinski definition) is 1. The summed E-state index contributed by atoms with van der Waals surface area (Å²) < 4.78 is 12.3. The van der Waals surface area contributed by atoms with E-state index in [9.17, 15) is 0 Å². The average Bonchev–Trinajstić information content (AvgIpc) is 3.08. The van der Waals surface area contributed by atoms with Gasteiger partial charge in [0.05, 0.1) is 5.60 Å². The number of nitrogens with one attached hydrogen (secondary N) is 1. The van der Waals surface area contributed by atoms with Crippen LogP contribution < -0.4 is 10.1 Å². The molecule has 4 rings (SSSR count). The smallest absolute Gasteiger partial charge is 0.213 e. The van der Waals surface area contributed by atoms with E-state index in [1.54, 1.807) is 6.20 Å². The summed E-state index contributed by atoms with van der Waals surface area (Å²) in [7, 11) is 3.78. The third kappa shape index (κ3) is 3.64. The highest BCUT2D eigenvalue weighted by Crippen LogP contribution is 2.44. The van der Waals surface area contributed by atoms with Crippen molar-refractivity contribution in [3.05, 3.63) is 48.3 Å². The summed E-state index contributed by atoms with van der Waals surface area (Å²) in [6, 6.07) is 10.3. The molecule has 0 bridgehead atoms. The van der Waals surface area contributed by atoms with Gasteiger partial charge < -0.3 is 14.8 Å². The maximum Gasteiger partial charge on any atom is 0.213 e. The van der Waals surface area contributed by atoms with Crippen molar-refractivity contribution in [3.8, 4) is 5.88 Å². The van der Waals surface area contributed by atoms with Crippen LogP contribution >= 0.6 is 0 Å². The van der Waals surface area contributed by atoms with Crippen LogP contribution in [-0.4, -0.2) is 53.3 Å². The Bertz CT molecular complexity index is 757. The molecule has 3 atom stereocenters. The summed E-state index contributed by atoms with van der Waals surface area (Å²) in [5, 5.41) is 3.20. The first-order valence-corrected chi connectivity index (χ1v) is 9.72. The minimum absolute atomic E-state index is 0.0635. The van der Waals surface area contributed by atoms with Crippen molar-refractivity contribution < 1.29 is 9.47 Å². The number of anilines is 1. The predicted molar refractivity (Wildman–Crippen MR) is 105 cm³/mol. The van der Waals surface area contributed by atoms with Crippen molar-refractivity contribution in [2.75, 3.05) is 26.0 Å². The number of hydrogen-bond acceptors (Lipinski definition) is 6. The normalized spacial score (nSPS) is 27.9. The SMILES string of the molecule is CNc1ncccc1CN1CC[C@]2(OC)CC[C@H](Oc3ccccn3)C[C@H]12. The minimum atomic E-state index is -0.0635. The Kier molecular flexibility index (Phi) is 5.27. The summed E-state index contributed by atoms with van der Waals surface area (Å²) in [5.41, 5.74) is 1.16. The lowest BCUT2D eigenvalue weighted by atomic mass is 9.79. The number of methoxy groups -OCH3 is 1. The molecule has 2 aromatic rings. The molecule has 3 heterocycles. The number of pyridine rings is 2. The Morgan fingerprint density at radius 3 is 2.85 bits per heavy atom. The van der Waals surface area contributed by atoms with Crippen LogP contribution in [0.4, 0.5) is 5.82 Å². The molecule has 6 heteroatoms. The molecule has 1 aliphatic carbocycles. The fourth-order valence-electron chi connectivity index (χ4n) is 4.65. The molecule has 2 aromatic heterocycles. The summed E-state index contributed by atoms with van der Waals surface area (Å²) in [4.78, 5) is 11.3. The van der Waals surface area contributed by atoms with Gasteiger partial charge >= 0.3 is 0 Å². The highest BCUT2D eigenvalue weighted by molar-refractivity contribution is 5.43. The van der Waals surface area contributed by atoms with Gasteiger partial charge in [-0.05, 0) is 31.4 Å². The van der Waals surface area contributed by atoms with Gasteiger partial charge in [-0.1, -0.05) is 12.1 Å². The van der Waals surface area contributed by atoms with Gasteiger partial charge in [-0.25, -0.2) is 9.97 Å². The second-order valence-electron chi connectivity index (χ2n) is 7.45. The largest absolute Gasteiger partial charge is 0.474 e. The van der Waals surface area contributed by atoms with Gasteiger partial charge in [0.25, 0.3) is 0 Å². The fraction of sp³-hybridized carbons (Fsp3) is 0.524. The Labute approximate surface area is 160 Å². The number of rotatable bonds is 6. The number of aromatic nitrogens is 2. The molecule has 1 aliphatic heterocycles. The molecule has 0 unspecified atom stereocenters. The first-order chi connectivity index (χ1) is 13.2. The topological polar surface area (TPSA) is 59.5 Å². The highest BCUT2D eigenvalue weighted by atomic mass is 16.5. The molecule has 0 amide bonds. The van der Waals surface area contributed by atoms with Gasteiger partial charge in [0.2, 0.25) is 5.88 Å². The molecule has 2 fully saturated rings. The highest BCUT2D eigenvalue weighted by Gasteiger charge is 2.51. The van der Waals surface area contributed by atoms with Gasteiger partial charge in [-0.2, -0.15) is 0 Å². The Morgan fingerprint density at radius 1 is 1.19 bits per heavy atom. The second-order valence-corrected chi connectivity index (χ2v) is 7.45. The zero-order chi connectivity index (χ0) is 18.7. The third-order valence-electron chi connectivity index (χ3n) is 6.08. The molecule has 6 nitrogen and oxygen atoms in total. The summed E-state index contributed by atoms with van der Waals surface area (Å²) >= 11 is 0. The maximum absolute atomic E-state index is 6.18. The van der Waals surface area contributed by atoms with Crippen LogP contribution in [0.3, 0.4) is 0 Å². The monoisotopic (exact) mass is 368 g/mol. The predicted octanol–water partition coefficient (Wildman–Crippen LogP) is 3.11. The molecule has 0 aromatic carbocycles. The lowest BCUT2D eigenvalue weighted by molar-refractivity contribution is -0.0843. The molecule has 144 valence electrons. The van der Waals surface area contributed by atoms with Crippen molar-refractivity contribution >= 4 is 5.82 Å². The van der Waals surface area contributed by atoms with E-state index in [1.807, 2.05) is 44.6 Å². The quantitative estimate of drug-likeness (QED) is 0.845. The minimum Gasteiger partial charge on any atom is -0.474 e. The van der Waals surface area contributed by atoms with Crippen LogP contribution in [0.5, 0.6) is 5.88 Å². The molecule has 0 radical (unpaired) electrons. The number of fused-ring (bicyclic) bond motifs is 1. The van der Waals surface area contributed by atoms with Crippen LogP contribution in [0.1, 0.15) is 31.2 Å². The van der Waals surface area contributed by atoms with Crippen molar-refractivity contribution in [1.29, 1.82) is 0 Å². The van der Waals surface area contributed by atoms with Crippen molar-refractivity contribution in [2.45, 2.75) is 50.0 Å². The first-order valence-electron chi connectivity index (χ1n) is 9.72. The summed E-state index contributed by atoms with van der Waals surface area (Å²) in [6.45, 7) is 1.91. The van der Waals surface area contributed by atoms with E-state index in [1.165, 1.54) is 5.56 Å². The Balaban J connectivity index is 1.50. The third-order valence-corrected chi connectivity index (χ3v) is 6.08. The average molecular weight is 368 g/mol. The van der Waals surface area contributed by atoms with Crippen LogP contribution in [0, 0.1) is 0 Å². The van der Waals surface area contributed by atoms with E-state index in [-0.39, 0.29) is 11.7 Å². The molecule has 1 N–H and O–H groups in total. The maximum atomic E-state index is 6.18. The van der Waals surface area contributed by atoms with Crippen LogP contribution in [0.2, 0.25) is 0 Å². The van der Waals surface area contributed by atoms with Crippen molar-refractivity contribution in [3.63, 3.8) is 0 Å². The summed E-state index contributed by atoms with van der Waals surface area (Å²) in [6.07, 6.45) is 7.83. The lowest BCUT2D eigenvalue weighted by Gasteiger charge is -2.43. The van der Waals surface area contributed by atoms with E-state index in [0.29, 0.717) is 11.9 Å². The van der Waals surface area contributed by atoms with Gasteiger partial charge in [0.15, 0.2) is 0 Å². The lowest BCUT2D eigenvalue weighted by Crippen LogP contribution is -2.52. The van der Waals surface area contributed by atoms with Crippen molar-refractivity contribution in [2.24, 2.45) is 0 Å². The van der Waals surface area contributed by atoms with E-state index in [0.717, 1.165) is 44.6 Å². The van der Waals surface area contributed by atoms with Gasteiger partial charge in [0.1, 0.15) is 11.9 Å². The van der Waals surface area contributed by atoms with Gasteiger partial charge in [-0.15, -0.1) is 0 Å². The number of likely N-dealkylation sites (tertiary alicyclic amines) is 1. The molecule has 1 saturated carbocycles. The van der Waals surface area contributed by atoms with Crippen molar-refractivity contribution in [1.82, 2.24) is 14.9 Å². The molecule has 1 saturated heterocycles. The Hall–Kier alpha value is -2.18. The molecule has 2 aliphatic rings. The summed E-state index contributed by atoms with van der Waals surface area (Å²) in [5.74, 6) is 1.66. The molecule has 27 heavy (non-hydrogen) atoms. The first kappa shape index (κ1) is 18.2. The van der Waals surface area contributed by atoms with E-state index >= 15 is 0 Å². The van der Waals surface area contributed by atoms with Crippen LogP contribution in [0.15, 0.2) is 42.7 Å². The van der Waals surface area contributed by atoms with E-state index < -0.39 is 0 Å². The zero-order valence-corrected chi connectivity index (χ0v) is 16.1. The zero-order valence-electron chi connectivity index (χ0n) is 16.1. The van der Waals surface area contributed by atoms with Crippen LogP contribution in [0.25, 0.3) is 0 Å². The molecular formula is C21H28N4O2. The number of ether oxygens (including phenoxy) is 2. The Morgan fingerprint density at radius 2 is 2.07 bits per heavy atom. The fourth-order valence-corrected chi connectivity index (χ4v) is 4.65. The molecular weight excluding hydrogens is 340 g/mol. The van der Waals surface area contributed by atoms with Crippen LogP contribution in [-0.2, 0) is 11.3 Å². The van der Waals surface area contributed by atoms with Gasteiger partial charge in [-0.3, -0.25) is 4.90 Å².